The van der Waals surface area contributed by atoms with Crippen molar-refractivity contribution in [2.24, 2.45) is 4.99 Å². The number of nitrogens with one attached hydrogen (secondary N) is 1. The third-order valence-corrected chi connectivity index (χ3v) is 4.60. The highest BCUT2D eigenvalue weighted by atomic mass is 16.4. The van der Waals surface area contributed by atoms with Gasteiger partial charge in [-0.05, 0) is 25.0 Å². The van der Waals surface area contributed by atoms with Crippen molar-refractivity contribution >= 4 is 29.7 Å². The van der Waals surface area contributed by atoms with E-state index >= 15 is 0 Å². The Morgan fingerprint density at radius 2 is 2.11 bits per heavy atom. The number of fused-ring (bicyclic) bond motifs is 3. The first kappa shape index (κ1) is 17.0. The predicted octanol–water partition coefficient (Wildman–Crippen LogP) is 2.59. The largest absolute Gasteiger partial charge is 0.478 e. The van der Waals surface area contributed by atoms with E-state index in [2.05, 4.69) is 15.0 Å². The van der Waals surface area contributed by atoms with Crippen molar-refractivity contribution in [1.29, 1.82) is 0 Å². The number of aromatic nitrogens is 2. The van der Waals surface area contributed by atoms with Gasteiger partial charge in [-0.3, -0.25) is 14.8 Å². The smallest absolute Gasteiger partial charge is 0.331 e. The summed E-state index contributed by atoms with van der Waals surface area (Å²) in [5.74, 6) is 0.921. The van der Waals surface area contributed by atoms with Crippen LogP contribution in [0, 0.1) is 0 Å². The Kier molecular flexibility index (Phi) is 4.23. The average Bonchev–Trinajstić information content (AvgIpc) is 3.12. The van der Waals surface area contributed by atoms with Crippen LogP contribution in [0.2, 0.25) is 0 Å². The number of amides is 2. The zero-order chi connectivity index (χ0) is 19.0. The van der Waals surface area contributed by atoms with E-state index in [0.717, 1.165) is 29.3 Å². The molecule has 2 N–H and O–H groups in total. The molecule has 138 valence electrons. The number of H-pyrrole nitrogens is 1. The number of carboxylic acids is 1. The number of nitrogens with zero attached hydrogens (tertiary/aromatic N) is 4. The number of carbonyl (C=O) groups is 2. The first-order valence-corrected chi connectivity index (χ1v) is 8.83. The highest BCUT2D eigenvalue weighted by Gasteiger charge is 2.38. The van der Waals surface area contributed by atoms with E-state index in [1.165, 1.54) is 6.08 Å². The molecule has 3 heterocycles. The van der Waals surface area contributed by atoms with Crippen molar-refractivity contribution in [3.05, 3.63) is 41.6 Å². The third-order valence-electron chi connectivity index (χ3n) is 4.60. The van der Waals surface area contributed by atoms with Gasteiger partial charge < -0.3 is 10.1 Å². The molecule has 8 heteroatoms. The summed E-state index contributed by atoms with van der Waals surface area (Å²) >= 11 is 0. The van der Waals surface area contributed by atoms with E-state index in [1.54, 1.807) is 9.80 Å². The number of hydrogen-bond donors (Lipinski definition) is 2. The molecule has 0 spiro atoms. The first-order chi connectivity index (χ1) is 13.1. The molecular formula is C19H19N5O3. The van der Waals surface area contributed by atoms with Gasteiger partial charge in [0, 0.05) is 31.3 Å². The molecule has 0 saturated heterocycles. The highest BCUT2D eigenvalue weighted by Crippen LogP contribution is 2.31. The summed E-state index contributed by atoms with van der Waals surface area (Å²) in [5.41, 5.74) is 2.40. The van der Waals surface area contributed by atoms with Gasteiger partial charge in [0.15, 0.2) is 11.7 Å². The molecule has 1 aromatic carbocycles. The van der Waals surface area contributed by atoms with E-state index < -0.39 is 5.97 Å². The Hall–Kier alpha value is -3.42. The number of imidazole rings is 1. The first-order valence-electron chi connectivity index (χ1n) is 8.83. The molecule has 0 unspecified atom stereocenters. The number of anilines is 1. The number of carbonyl (C=O) groups excluding carboxylic acids is 1. The van der Waals surface area contributed by atoms with E-state index in [0.29, 0.717) is 37.1 Å². The molecule has 0 saturated carbocycles. The summed E-state index contributed by atoms with van der Waals surface area (Å²) < 4.78 is 0. The number of aromatic amines is 1. The van der Waals surface area contributed by atoms with Crippen LogP contribution in [0.5, 0.6) is 0 Å². The van der Waals surface area contributed by atoms with Gasteiger partial charge in [-0.15, -0.1) is 0 Å². The molecule has 27 heavy (non-hydrogen) atoms. The highest BCUT2D eigenvalue weighted by molar-refractivity contribution is 6.18. The van der Waals surface area contributed by atoms with E-state index in [-0.39, 0.29) is 6.03 Å². The normalized spacial score (nSPS) is 16.3. The molecule has 8 nitrogen and oxygen atoms in total. The fraction of sp³-hybridized carbons (Fsp3) is 0.263. The molecule has 0 radical (unpaired) electrons. The van der Waals surface area contributed by atoms with Crippen LogP contribution >= 0.6 is 0 Å². The number of rotatable bonds is 4. The maximum absolute atomic E-state index is 12.7. The zero-order valence-electron chi connectivity index (χ0n) is 14.8. The van der Waals surface area contributed by atoms with Crippen LogP contribution < -0.4 is 4.90 Å². The van der Waals surface area contributed by atoms with Gasteiger partial charge in [0.05, 0.1) is 0 Å². The summed E-state index contributed by atoms with van der Waals surface area (Å²) in [6.45, 7) is 3.81. The summed E-state index contributed by atoms with van der Waals surface area (Å²) in [5, 5.41) is 8.72. The molecule has 0 aliphatic carbocycles. The van der Waals surface area contributed by atoms with Crippen LogP contribution in [0.15, 0.2) is 35.3 Å². The number of aliphatic carboxylic acids is 1. The molecule has 1 aromatic heterocycles. The summed E-state index contributed by atoms with van der Waals surface area (Å²) in [4.78, 5) is 39.2. The summed E-state index contributed by atoms with van der Waals surface area (Å²) in [7, 11) is 0. The molecule has 0 bridgehead atoms. The number of hydrogen-bond acceptors (Lipinski definition) is 4. The van der Waals surface area contributed by atoms with Gasteiger partial charge in [-0.2, -0.15) is 0 Å². The fourth-order valence-electron chi connectivity index (χ4n) is 3.30. The van der Waals surface area contributed by atoms with Crippen molar-refractivity contribution < 1.29 is 14.7 Å². The molecule has 2 aliphatic heterocycles. The minimum Gasteiger partial charge on any atom is -0.478 e. The number of aliphatic imine (C=N–C) groups is 1. The second kappa shape index (κ2) is 6.71. The van der Waals surface area contributed by atoms with E-state index in [9.17, 15) is 9.59 Å². The Labute approximate surface area is 155 Å². The van der Waals surface area contributed by atoms with E-state index in [4.69, 9.17) is 5.11 Å². The Bertz CT molecular complexity index is 958. The minimum atomic E-state index is -0.986. The molecular weight excluding hydrogens is 346 g/mol. The van der Waals surface area contributed by atoms with Crippen molar-refractivity contribution in [3.63, 3.8) is 0 Å². The quantitative estimate of drug-likeness (QED) is 0.813. The monoisotopic (exact) mass is 365 g/mol. The lowest BCUT2D eigenvalue weighted by Crippen LogP contribution is -2.53. The van der Waals surface area contributed by atoms with Crippen LogP contribution in [0.1, 0.15) is 24.6 Å². The minimum absolute atomic E-state index is 0.0874. The molecule has 2 aliphatic rings. The topological polar surface area (TPSA) is 102 Å². The fourth-order valence-corrected chi connectivity index (χ4v) is 3.30. The Morgan fingerprint density at radius 3 is 2.81 bits per heavy atom. The van der Waals surface area contributed by atoms with Gasteiger partial charge in [-0.1, -0.05) is 24.3 Å². The van der Waals surface area contributed by atoms with Crippen LogP contribution in [0.4, 0.5) is 10.6 Å². The van der Waals surface area contributed by atoms with Gasteiger partial charge in [0.25, 0.3) is 0 Å². The van der Waals surface area contributed by atoms with Crippen LogP contribution in [-0.2, 0) is 4.79 Å². The van der Waals surface area contributed by atoms with Gasteiger partial charge in [0.2, 0.25) is 0 Å². The lowest BCUT2D eigenvalue weighted by Gasteiger charge is -2.36. The average molecular weight is 365 g/mol. The van der Waals surface area contributed by atoms with Crippen LogP contribution in [0.3, 0.4) is 0 Å². The molecule has 0 fully saturated rings. The van der Waals surface area contributed by atoms with Crippen molar-refractivity contribution in [2.45, 2.75) is 13.3 Å². The number of urea groups is 1. The number of benzene rings is 1. The standard InChI is InChI=1S/C19H19N5O3/c1-2-23-18-15(17-20-10-3-11-24(17)19(23)27)21-16(22-18)13-7-4-12(5-8-13)6-9-14(25)26/h4-9H,2-3,10-11H2,1H3,(H,21,22)(H,25,26)/b9-6+. The molecule has 0 atom stereocenters. The van der Waals surface area contributed by atoms with Gasteiger partial charge in [0.1, 0.15) is 11.5 Å². The zero-order valence-corrected chi connectivity index (χ0v) is 14.8. The molecule has 4 rings (SSSR count). The summed E-state index contributed by atoms with van der Waals surface area (Å²) in [6.07, 6.45) is 3.49. The van der Waals surface area contributed by atoms with Gasteiger partial charge >= 0.3 is 12.0 Å². The third kappa shape index (κ3) is 2.99. The second-order valence-electron chi connectivity index (χ2n) is 6.31. The molecule has 2 aromatic rings. The summed E-state index contributed by atoms with van der Waals surface area (Å²) in [6, 6.07) is 7.29. The maximum Gasteiger partial charge on any atom is 0.331 e. The number of carboxylic acid groups (broad SMARTS) is 1. The van der Waals surface area contributed by atoms with E-state index in [1.807, 2.05) is 31.2 Å². The SMILES string of the molecule is CCN1C(=O)N2CCCN=C2c2[nH]c(-c3ccc(/C=C/C(=O)O)cc3)nc21. The predicted molar refractivity (Wildman–Crippen MR) is 102 cm³/mol. The van der Waals surface area contributed by atoms with Gasteiger partial charge in [-0.25, -0.2) is 14.6 Å². The Balaban J connectivity index is 1.72. The van der Waals surface area contributed by atoms with Crippen molar-refractivity contribution in [3.8, 4) is 11.4 Å². The Morgan fingerprint density at radius 1 is 1.33 bits per heavy atom. The van der Waals surface area contributed by atoms with Crippen molar-refractivity contribution in [1.82, 2.24) is 14.9 Å². The van der Waals surface area contributed by atoms with Crippen LogP contribution in [-0.4, -0.2) is 57.4 Å². The molecule has 2 amide bonds. The number of amidine groups is 1. The van der Waals surface area contributed by atoms with Crippen LogP contribution in [0.25, 0.3) is 17.5 Å². The van der Waals surface area contributed by atoms with Crippen molar-refractivity contribution in [2.75, 3.05) is 24.5 Å². The maximum atomic E-state index is 12.7. The lowest BCUT2D eigenvalue weighted by molar-refractivity contribution is -0.131. The lowest BCUT2D eigenvalue weighted by atomic mass is 10.1. The second-order valence-corrected chi connectivity index (χ2v) is 6.31.